The van der Waals surface area contributed by atoms with Crippen LogP contribution in [0.1, 0.15) is 45.4 Å². The van der Waals surface area contributed by atoms with Gasteiger partial charge in [-0.2, -0.15) is 0 Å². The Morgan fingerprint density at radius 2 is 1.82 bits per heavy atom. The zero-order valence-corrected chi connectivity index (χ0v) is 7.38. The summed E-state index contributed by atoms with van der Waals surface area (Å²) in [6.07, 6.45) is 9.37. The number of ether oxygens (including phenoxy) is 1. The van der Waals surface area contributed by atoms with E-state index in [0.717, 1.165) is 5.92 Å². The zero-order chi connectivity index (χ0) is 7.68. The fourth-order valence-corrected chi connectivity index (χ4v) is 1.98. The third-order valence-electron chi connectivity index (χ3n) is 2.80. The van der Waals surface area contributed by atoms with E-state index in [4.69, 9.17) is 4.74 Å². The molecule has 1 nitrogen and oxygen atoms in total. The minimum Gasteiger partial charge on any atom is -0.375 e. The fraction of sp³-hybridized carbons (Fsp3) is 1.00. The van der Waals surface area contributed by atoms with Gasteiger partial charge in [0.25, 0.3) is 0 Å². The van der Waals surface area contributed by atoms with Crippen molar-refractivity contribution in [3.63, 3.8) is 0 Å². The summed E-state index contributed by atoms with van der Waals surface area (Å²) in [5, 5.41) is 0. The van der Waals surface area contributed by atoms with Crippen molar-refractivity contribution < 1.29 is 4.74 Å². The summed E-state index contributed by atoms with van der Waals surface area (Å²) in [4.78, 5) is 0. The maximum absolute atomic E-state index is 5.87. The Kier molecular flexibility index (Phi) is 2.17. The second-order valence-corrected chi connectivity index (χ2v) is 4.23. The number of hydrogen-bond donors (Lipinski definition) is 0. The molecule has 2 aliphatic rings. The molecule has 0 aliphatic heterocycles. The quantitative estimate of drug-likeness (QED) is 0.594. The van der Waals surface area contributed by atoms with Gasteiger partial charge in [0.05, 0.1) is 12.2 Å². The van der Waals surface area contributed by atoms with Gasteiger partial charge in [0, 0.05) is 0 Å². The van der Waals surface area contributed by atoms with Crippen LogP contribution in [0.2, 0.25) is 0 Å². The Bertz CT molecular complexity index is 127. The van der Waals surface area contributed by atoms with Crippen LogP contribution in [0.25, 0.3) is 0 Å². The first-order valence-corrected chi connectivity index (χ1v) is 5.00. The summed E-state index contributed by atoms with van der Waals surface area (Å²) in [5.41, 5.74) is 0. The highest BCUT2D eigenvalue weighted by molar-refractivity contribution is 4.78. The van der Waals surface area contributed by atoms with E-state index in [0.29, 0.717) is 12.2 Å². The molecule has 0 heterocycles. The predicted octanol–water partition coefficient (Wildman–Crippen LogP) is 2.74. The van der Waals surface area contributed by atoms with Gasteiger partial charge in [-0.05, 0) is 31.6 Å². The van der Waals surface area contributed by atoms with Crippen LogP contribution in [0.4, 0.5) is 0 Å². The van der Waals surface area contributed by atoms with E-state index in [2.05, 4.69) is 6.92 Å². The van der Waals surface area contributed by atoms with Crippen LogP contribution in [0.5, 0.6) is 0 Å². The van der Waals surface area contributed by atoms with E-state index >= 15 is 0 Å². The van der Waals surface area contributed by atoms with E-state index in [1.165, 1.54) is 38.5 Å². The van der Waals surface area contributed by atoms with Crippen LogP contribution in [0, 0.1) is 5.92 Å². The SMILES string of the molecule is C[C@@H]1CCCC(OC2CC2)C1. The van der Waals surface area contributed by atoms with Crippen LogP contribution >= 0.6 is 0 Å². The lowest BCUT2D eigenvalue weighted by Crippen LogP contribution is -2.22. The normalized spacial score (nSPS) is 39.0. The van der Waals surface area contributed by atoms with Gasteiger partial charge in [-0.3, -0.25) is 0 Å². The monoisotopic (exact) mass is 154 g/mol. The molecule has 0 saturated heterocycles. The van der Waals surface area contributed by atoms with E-state index in [9.17, 15) is 0 Å². The fourth-order valence-electron chi connectivity index (χ4n) is 1.98. The van der Waals surface area contributed by atoms with Gasteiger partial charge in [-0.1, -0.05) is 19.8 Å². The summed E-state index contributed by atoms with van der Waals surface area (Å²) in [6, 6.07) is 0. The molecular formula is C10H18O. The molecule has 0 aromatic carbocycles. The summed E-state index contributed by atoms with van der Waals surface area (Å²) < 4.78 is 5.87. The Morgan fingerprint density at radius 1 is 1.00 bits per heavy atom. The van der Waals surface area contributed by atoms with Crippen LogP contribution < -0.4 is 0 Å². The molecular weight excluding hydrogens is 136 g/mol. The lowest BCUT2D eigenvalue weighted by molar-refractivity contribution is 0.00440. The summed E-state index contributed by atoms with van der Waals surface area (Å²) in [6.45, 7) is 2.35. The van der Waals surface area contributed by atoms with Gasteiger partial charge in [-0.25, -0.2) is 0 Å². The molecule has 1 heteroatoms. The molecule has 2 aliphatic carbocycles. The maximum Gasteiger partial charge on any atom is 0.0581 e. The largest absolute Gasteiger partial charge is 0.375 e. The first kappa shape index (κ1) is 7.60. The van der Waals surface area contributed by atoms with Crippen LogP contribution in [0.3, 0.4) is 0 Å². The number of hydrogen-bond acceptors (Lipinski definition) is 1. The molecule has 11 heavy (non-hydrogen) atoms. The maximum atomic E-state index is 5.87. The van der Waals surface area contributed by atoms with Crippen molar-refractivity contribution in [1.82, 2.24) is 0 Å². The van der Waals surface area contributed by atoms with Crippen LogP contribution in [-0.4, -0.2) is 12.2 Å². The Hall–Kier alpha value is -0.0400. The van der Waals surface area contributed by atoms with Crippen molar-refractivity contribution >= 4 is 0 Å². The van der Waals surface area contributed by atoms with Gasteiger partial charge in [0.2, 0.25) is 0 Å². The molecule has 2 rings (SSSR count). The van der Waals surface area contributed by atoms with Crippen molar-refractivity contribution in [3.8, 4) is 0 Å². The Balaban J connectivity index is 1.73. The minimum absolute atomic E-state index is 0.617. The summed E-state index contributed by atoms with van der Waals surface area (Å²) in [7, 11) is 0. The average Bonchev–Trinajstić information content (AvgIpc) is 2.71. The van der Waals surface area contributed by atoms with E-state index in [-0.39, 0.29) is 0 Å². The van der Waals surface area contributed by atoms with Gasteiger partial charge in [-0.15, -0.1) is 0 Å². The summed E-state index contributed by atoms with van der Waals surface area (Å²) >= 11 is 0. The molecule has 0 amide bonds. The molecule has 0 N–H and O–H groups in total. The molecule has 0 radical (unpaired) electrons. The standard InChI is InChI=1S/C10H18O/c1-8-3-2-4-10(7-8)11-9-5-6-9/h8-10H,2-7H2,1H3/t8-,10?/m1/s1. The molecule has 2 atom stereocenters. The van der Waals surface area contributed by atoms with Crippen LogP contribution in [-0.2, 0) is 4.74 Å². The van der Waals surface area contributed by atoms with Crippen molar-refractivity contribution in [1.29, 1.82) is 0 Å². The molecule has 64 valence electrons. The molecule has 0 aromatic heterocycles. The van der Waals surface area contributed by atoms with Crippen molar-refractivity contribution in [2.75, 3.05) is 0 Å². The zero-order valence-electron chi connectivity index (χ0n) is 7.38. The topological polar surface area (TPSA) is 9.23 Å². The van der Waals surface area contributed by atoms with Gasteiger partial charge < -0.3 is 4.74 Å². The predicted molar refractivity (Wildman–Crippen MR) is 45.5 cm³/mol. The van der Waals surface area contributed by atoms with Gasteiger partial charge in [0.1, 0.15) is 0 Å². The molecule has 0 bridgehead atoms. The molecule has 0 spiro atoms. The first-order chi connectivity index (χ1) is 5.34. The third-order valence-corrected chi connectivity index (χ3v) is 2.80. The average molecular weight is 154 g/mol. The lowest BCUT2D eigenvalue weighted by Gasteiger charge is -2.26. The van der Waals surface area contributed by atoms with E-state index in [1.807, 2.05) is 0 Å². The highest BCUT2D eigenvalue weighted by Gasteiger charge is 2.28. The molecule has 0 aromatic rings. The third kappa shape index (κ3) is 2.19. The highest BCUT2D eigenvalue weighted by Crippen LogP contribution is 2.32. The van der Waals surface area contributed by atoms with Crippen molar-refractivity contribution in [2.24, 2.45) is 5.92 Å². The molecule has 1 unspecified atom stereocenters. The molecule has 2 fully saturated rings. The summed E-state index contributed by atoms with van der Waals surface area (Å²) in [5.74, 6) is 0.910. The lowest BCUT2D eigenvalue weighted by atomic mass is 9.89. The number of rotatable bonds is 2. The van der Waals surface area contributed by atoms with E-state index in [1.54, 1.807) is 0 Å². The second-order valence-electron chi connectivity index (χ2n) is 4.23. The highest BCUT2D eigenvalue weighted by atomic mass is 16.5. The smallest absolute Gasteiger partial charge is 0.0581 e. The van der Waals surface area contributed by atoms with Gasteiger partial charge in [0.15, 0.2) is 0 Å². The molecule has 2 saturated carbocycles. The van der Waals surface area contributed by atoms with Crippen molar-refractivity contribution in [2.45, 2.75) is 57.7 Å². The van der Waals surface area contributed by atoms with E-state index < -0.39 is 0 Å². The van der Waals surface area contributed by atoms with Crippen molar-refractivity contribution in [3.05, 3.63) is 0 Å². The first-order valence-electron chi connectivity index (χ1n) is 5.00. The minimum atomic E-state index is 0.617. The Morgan fingerprint density at radius 3 is 2.45 bits per heavy atom. The Labute approximate surface area is 69.1 Å². The second kappa shape index (κ2) is 3.14. The van der Waals surface area contributed by atoms with Gasteiger partial charge >= 0.3 is 0 Å². The van der Waals surface area contributed by atoms with Crippen LogP contribution in [0.15, 0.2) is 0 Å².